The van der Waals surface area contributed by atoms with Crippen molar-refractivity contribution in [2.24, 2.45) is 5.73 Å². The number of rotatable bonds is 6. The molecule has 0 saturated carbocycles. The highest BCUT2D eigenvalue weighted by Gasteiger charge is 2.31. The molecule has 0 aliphatic carbocycles. The van der Waals surface area contributed by atoms with E-state index in [1.165, 1.54) is 10.5 Å². The number of pyridine rings is 1. The van der Waals surface area contributed by atoms with E-state index in [2.05, 4.69) is 9.97 Å². The van der Waals surface area contributed by atoms with Gasteiger partial charge in [0.05, 0.1) is 6.10 Å². The third-order valence-electron chi connectivity index (χ3n) is 4.13. The molecule has 0 bridgehead atoms. The van der Waals surface area contributed by atoms with Gasteiger partial charge in [0.1, 0.15) is 10.5 Å². The van der Waals surface area contributed by atoms with Crippen LogP contribution in [0.1, 0.15) is 19.3 Å². The van der Waals surface area contributed by atoms with E-state index in [9.17, 15) is 8.42 Å². The van der Waals surface area contributed by atoms with Gasteiger partial charge in [-0.1, -0.05) is 0 Å². The van der Waals surface area contributed by atoms with Crippen LogP contribution in [0.3, 0.4) is 0 Å². The molecule has 24 heavy (non-hydrogen) atoms. The Balaban J connectivity index is 0.00000208. The summed E-state index contributed by atoms with van der Waals surface area (Å²) >= 11 is 0. The quantitative estimate of drug-likeness (QED) is 0.746. The number of piperidine rings is 1. The van der Waals surface area contributed by atoms with Crippen LogP contribution in [-0.2, 0) is 14.8 Å². The summed E-state index contributed by atoms with van der Waals surface area (Å²) in [7, 11) is -3.51. The zero-order valence-corrected chi connectivity index (χ0v) is 15.0. The Morgan fingerprint density at radius 2 is 2.12 bits per heavy atom. The van der Waals surface area contributed by atoms with E-state index in [1.807, 2.05) is 0 Å². The van der Waals surface area contributed by atoms with Crippen LogP contribution >= 0.6 is 12.4 Å². The molecule has 3 heterocycles. The van der Waals surface area contributed by atoms with E-state index < -0.39 is 10.0 Å². The first-order chi connectivity index (χ1) is 11.1. The number of aromatic nitrogens is 2. The predicted octanol–water partition coefficient (Wildman–Crippen LogP) is 1.50. The van der Waals surface area contributed by atoms with Gasteiger partial charge in [-0.25, -0.2) is 13.4 Å². The third kappa shape index (κ3) is 3.89. The molecule has 1 aliphatic heterocycles. The lowest BCUT2D eigenvalue weighted by atomic mass is 10.1. The smallest absolute Gasteiger partial charge is 0.245 e. The summed E-state index contributed by atoms with van der Waals surface area (Å²) in [6.45, 7) is 2.20. The molecule has 2 aromatic heterocycles. The molecule has 2 aromatic rings. The fraction of sp³-hybridized carbons (Fsp3) is 0.533. The number of sulfonamides is 1. The number of hydrogen-bond donors (Lipinski definition) is 2. The fourth-order valence-corrected chi connectivity index (χ4v) is 4.48. The van der Waals surface area contributed by atoms with Gasteiger partial charge in [-0.15, -0.1) is 12.4 Å². The van der Waals surface area contributed by atoms with Crippen LogP contribution < -0.4 is 5.73 Å². The first kappa shape index (κ1) is 19.1. The minimum absolute atomic E-state index is 0. The molecule has 9 heteroatoms. The Bertz CT molecular complexity index is 757. The Labute approximate surface area is 148 Å². The standard InChI is InChI=1S/C15H22N4O3S.ClH/c16-6-2-10-22-12-4-8-19(9-5-12)23(20,21)14-11-18-15-13(14)3-1-7-17-15;/h1,3,7,11-12H,2,4-6,8-10,16H2,(H,17,18);1H. The van der Waals surface area contributed by atoms with Crippen LogP contribution in [-0.4, -0.2) is 55.0 Å². The number of halogens is 1. The van der Waals surface area contributed by atoms with Crippen LogP contribution in [0.2, 0.25) is 0 Å². The minimum Gasteiger partial charge on any atom is -0.378 e. The zero-order valence-electron chi connectivity index (χ0n) is 13.3. The number of hydrogen-bond acceptors (Lipinski definition) is 5. The maximum absolute atomic E-state index is 12.9. The molecule has 1 saturated heterocycles. The van der Waals surface area contributed by atoms with Gasteiger partial charge >= 0.3 is 0 Å². The number of H-pyrrole nitrogens is 1. The van der Waals surface area contributed by atoms with Gasteiger partial charge in [0, 0.05) is 37.5 Å². The Hall–Kier alpha value is -1.19. The number of ether oxygens (including phenoxy) is 1. The van der Waals surface area contributed by atoms with E-state index in [0.29, 0.717) is 55.0 Å². The summed E-state index contributed by atoms with van der Waals surface area (Å²) < 4.78 is 33.0. The summed E-state index contributed by atoms with van der Waals surface area (Å²) in [5, 5.41) is 0.633. The second kappa shape index (κ2) is 8.26. The molecular weight excluding hydrogens is 352 g/mol. The van der Waals surface area contributed by atoms with Crippen molar-refractivity contribution in [3.8, 4) is 0 Å². The monoisotopic (exact) mass is 374 g/mol. The largest absolute Gasteiger partial charge is 0.378 e. The highest BCUT2D eigenvalue weighted by atomic mass is 35.5. The summed E-state index contributed by atoms with van der Waals surface area (Å²) in [5.74, 6) is 0. The first-order valence-electron chi connectivity index (χ1n) is 7.87. The van der Waals surface area contributed by atoms with E-state index in [-0.39, 0.29) is 18.5 Å². The summed E-state index contributed by atoms with van der Waals surface area (Å²) in [5.41, 5.74) is 6.04. The molecule has 0 aromatic carbocycles. The van der Waals surface area contributed by atoms with Crippen molar-refractivity contribution in [3.63, 3.8) is 0 Å². The molecule has 3 rings (SSSR count). The van der Waals surface area contributed by atoms with Crippen molar-refractivity contribution in [1.82, 2.24) is 14.3 Å². The molecule has 0 atom stereocenters. The van der Waals surface area contributed by atoms with Gasteiger partial charge in [-0.2, -0.15) is 4.31 Å². The van der Waals surface area contributed by atoms with Crippen LogP contribution in [0.15, 0.2) is 29.4 Å². The second-order valence-corrected chi connectivity index (χ2v) is 7.58. The Morgan fingerprint density at radius 1 is 1.38 bits per heavy atom. The number of nitrogens with zero attached hydrogens (tertiary/aromatic N) is 2. The van der Waals surface area contributed by atoms with Crippen molar-refractivity contribution in [1.29, 1.82) is 0 Å². The van der Waals surface area contributed by atoms with Crippen molar-refractivity contribution in [2.75, 3.05) is 26.2 Å². The summed E-state index contributed by atoms with van der Waals surface area (Å²) in [4.78, 5) is 7.36. The van der Waals surface area contributed by atoms with Crippen molar-refractivity contribution >= 4 is 33.5 Å². The van der Waals surface area contributed by atoms with E-state index in [1.54, 1.807) is 18.3 Å². The lowest BCUT2D eigenvalue weighted by Gasteiger charge is -2.31. The molecule has 3 N–H and O–H groups in total. The lowest BCUT2D eigenvalue weighted by molar-refractivity contribution is 0.0209. The molecule has 0 radical (unpaired) electrons. The van der Waals surface area contributed by atoms with Gasteiger partial charge in [-0.3, -0.25) is 0 Å². The molecule has 0 amide bonds. The average Bonchev–Trinajstić information content (AvgIpc) is 3.00. The molecular formula is C15H23ClN4O3S. The maximum atomic E-state index is 12.9. The fourth-order valence-electron chi connectivity index (χ4n) is 2.86. The number of nitrogens with two attached hydrogens (primary N) is 1. The molecule has 1 aliphatic rings. The lowest BCUT2D eigenvalue weighted by Crippen LogP contribution is -2.40. The number of fused-ring (bicyclic) bond motifs is 1. The normalized spacial score (nSPS) is 17.0. The van der Waals surface area contributed by atoms with Crippen molar-refractivity contribution in [3.05, 3.63) is 24.5 Å². The Kier molecular flexibility index (Phi) is 6.59. The van der Waals surface area contributed by atoms with Gasteiger partial charge in [-0.05, 0) is 37.9 Å². The predicted molar refractivity (Wildman–Crippen MR) is 94.7 cm³/mol. The summed E-state index contributed by atoms with van der Waals surface area (Å²) in [6.07, 6.45) is 5.55. The average molecular weight is 375 g/mol. The molecule has 7 nitrogen and oxygen atoms in total. The van der Waals surface area contributed by atoms with E-state index in [0.717, 1.165) is 6.42 Å². The van der Waals surface area contributed by atoms with Gasteiger partial charge < -0.3 is 15.5 Å². The zero-order chi connectivity index (χ0) is 16.3. The van der Waals surface area contributed by atoms with Crippen LogP contribution in [0.4, 0.5) is 0 Å². The molecule has 134 valence electrons. The molecule has 1 fully saturated rings. The van der Waals surface area contributed by atoms with Gasteiger partial charge in [0.2, 0.25) is 10.0 Å². The van der Waals surface area contributed by atoms with E-state index >= 15 is 0 Å². The van der Waals surface area contributed by atoms with Crippen molar-refractivity contribution < 1.29 is 13.2 Å². The SMILES string of the molecule is Cl.NCCCOC1CCN(S(=O)(=O)c2c[nH]c3ncccc23)CC1. The first-order valence-corrected chi connectivity index (χ1v) is 9.31. The Morgan fingerprint density at radius 3 is 2.83 bits per heavy atom. The second-order valence-electron chi connectivity index (χ2n) is 5.67. The van der Waals surface area contributed by atoms with Crippen molar-refractivity contribution in [2.45, 2.75) is 30.3 Å². The topological polar surface area (TPSA) is 101 Å². The van der Waals surface area contributed by atoms with Crippen LogP contribution in [0.5, 0.6) is 0 Å². The van der Waals surface area contributed by atoms with Crippen LogP contribution in [0, 0.1) is 0 Å². The maximum Gasteiger partial charge on any atom is 0.245 e. The van der Waals surface area contributed by atoms with Gasteiger partial charge in [0.15, 0.2) is 0 Å². The number of nitrogens with one attached hydrogen (secondary N) is 1. The molecule has 0 unspecified atom stereocenters. The number of aromatic amines is 1. The van der Waals surface area contributed by atoms with Gasteiger partial charge in [0.25, 0.3) is 0 Å². The van der Waals surface area contributed by atoms with Crippen LogP contribution in [0.25, 0.3) is 11.0 Å². The molecule has 0 spiro atoms. The summed E-state index contributed by atoms with van der Waals surface area (Å²) in [6, 6.07) is 3.51. The minimum atomic E-state index is -3.51. The van der Waals surface area contributed by atoms with E-state index in [4.69, 9.17) is 10.5 Å². The highest BCUT2D eigenvalue weighted by molar-refractivity contribution is 7.89. The third-order valence-corrected chi connectivity index (χ3v) is 6.07. The highest BCUT2D eigenvalue weighted by Crippen LogP contribution is 2.27.